The Morgan fingerprint density at radius 1 is 1.18 bits per heavy atom. The third-order valence-electron chi connectivity index (χ3n) is 4.22. The molecule has 2 N–H and O–H groups in total. The van der Waals surface area contributed by atoms with Gasteiger partial charge in [-0.1, -0.05) is 12.8 Å². The molecule has 0 aromatic rings. The molecule has 5 nitrogen and oxygen atoms in total. The maximum atomic E-state index is 5.34. The summed E-state index contributed by atoms with van der Waals surface area (Å²) in [5, 5.41) is 6.76. The van der Waals surface area contributed by atoms with E-state index in [1.54, 1.807) is 0 Å². The zero-order chi connectivity index (χ0) is 16.0. The van der Waals surface area contributed by atoms with Crippen LogP contribution >= 0.6 is 0 Å². The second-order valence-corrected chi connectivity index (χ2v) is 6.01. The highest BCUT2D eigenvalue weighted by Crippen LogP contribution is 2.21. The average molecular weight is 313 g/mol. The summed E-state index contributed by atoms with van der Waals surface area (Å²) in [6.07, 6.45) is 7.69. The molecular weight excluding hydrogens is 276 g/mol. The second kappa shape index (κ2) is 12.7. The normalized spacial score (nSPS) is 16.5. The third-order valence-corrected chi connectivity index (χ3v) is 4.22. The van der Waals surface area contributed by atoms with Crippen molar-refractivity contribution < 1.29 is 4.74 Å². The van der Waals surface area contributed by atoms with Gasteiger partial charge in [0.25, 0.3) is 0 Å². The number of hydrogen-bond acceptors (Lipinski definition) is 3. The Morgan fingerprint density at radius 3 is 2.64 bits per heavy atom. The van der Waals surface area contributed by atoms with Crippen LogP contribution in [0.4, 0.5) is 0 Å². The molecule has 130 valence electrons. The van der Waals surface area contributed by atoms with Crippen molar-refractivity contribution in [1.82, 2.24) is 15.5 Å². The number of nitrogens with zero attached hydrogens (tertiary/aromatic N) is 2. The van der Waals surface area contributed by atoms with Gasteiger partial charge in [0.15, 0.2) is 5.96 Å². The molecular formula is C17H36N4O. The first-order valence-corrected chi connectivity index (χ1v) is 9.08. The van der Waals surface area contributed by atoms with E-state index in [0.29, 0.717) is 0 Å². The number of nitrogens with one attached hydrogen (secondary N) is 2. The third kappa shape index (κ3) is 8.59. The van der Waals surface area contributed by atoms with Crippen LogP contribution in [0.1, 0.15) is 52.4 Å². The highest BCUT2D eigenvalue weighted by molar-refractivity contribution is 5.79. The van der Waals surface area contributed by atoms with E-state index in [9.17, 15) is 0 Å². The van der Waals surface area contributed by atoms with Crippen molar-refractivity contribution in [2.45, 2.75) is 58.4 Å². The standard InChI is InChI=1S/C17H36N4O/c1-4-18-17(19-12-8-9-15-22-5-2)20-13-14-21(3)16-10-6-7-11-16/h16H,4-15H2,1-3H3,(H2,18,19,20). The van der Waals surface area contributed by atoms with Gasteiger partial charge in [-0.05, 0) is 46.6 Å². The van der Waals surface area contributed by atoms with Gasteiger partial charge < -0.3 is 20.3 Å². The van der Waals surface area contributed by atoms with Gasteiger partial charge in [0.1, 0.15) is 0 Å². The first kappa shape index (κ1) is 19.2. The van der Waals surface area contributed by atoms with E-state index in [4.69, 9.17) is 4.74 Å². The van der Waals surface area contributed by atoms with E-state index >= 15 is 0 Å². The number of aliphatic imine (C=N–C) groups is 1. The fourth-order valence-electron chi connectivity index (χ4n) is 2.87. The molecule has 1 aliphatic rings. The number of ether oxygens (including phenoxy) is 1. The summed E-state index contributed by atoms with van der Waals surface area (Å²) < 4.78 is 5.34. The van der Waals surface area contributed by atoms with Crippen molar-refractivity contribution in [3.63, 3.8) is 0 Å². The van der Waals surface area contributed by atoms with Crippen LogP contribution < -0.4 is 10.6 Å². The number of hydrogen-bond donors (Lipinski definition) is 2. The minimum absolute atomic E-state index is 0.792. The first-order chi connectivity index (χ1) is 10.8. The smallest absolute Gasteiger partial charge is 0.191 e. The summed E-state index contributed by atoms with van der Waals surface area (Å²) in [7, 11) is 2.25. The number of guanidine groups is 1. The lowest BCUT2D eigenvalue weighted by Gasteiger charge is -2.24. The molecule has 0 bridgehead atoms. The molecule has 0 amide bonds. The lowest BCUT2D eigenvalue weighted by molar-refractivity contribution is 0.144. The van der Waals surface area contributed by atoms with Crippen molar-refractivity contribution >= 4 is 5.96 Å². The molecule has 5 heteroatoms. The lowest BCUT2D eigenvalue weighted by atomic mass is 10.2. The van der Waals surface area contributed by atoms with E-state index in [2.05, 4.69) is 34.5 Å². The minimum atomic E-state index is 0.792. The Kier molecular flexibility index (Phi) is 11.1. The number of likely N-dealkylation sites (N-methyl/N-ethyl adjacent to an activating group) is 1. The molecule has 0 heterocycles. The van der Waals surface area contributed by atoms with Crippen LogP contribution in [-0.2, 0) is 4.74 Å². The highest BCUT2D eigenvalue weighted by atomic mass is 16.5. The minimum Gasteiger partial charge on any atom is -0.382 e. The number of rotatable bonds is 11. The molecule has 22 heavy (non-hydrogen) atoms. The van der Waals surface area contributed by atoms with Gasteiger partial charge in [-0.3, -0.25) is 4.99 Å². The maximum absolute atomic E-state index is 5.34. The summed E-state index contributed by atoms with van der Waals surface area (Å²) in [5.74, 6) is 0.943. The summed E-state index contributed by atoms with van der Waals surface area (Å²) in [6, 6.07) is 0.792. The predicted molar refractivity (Wildman–Crippen MR) is 94.6 cm³/mol. The maximum Gasteiger partial charge on any atom is 0.191 e. The monoisotopic (exact) mass is 312 g/mol. The van der Waals surface area contributed by atoms with Gasteiger partial charge in [0.05, 0.1) is 0 Å². The molecule has 1 rings (SSSR count). The van der Waals surface area contributed by atoms with Gasteiger partial charge in [-0.15, -0.1) is 0 Å². The van der Waals surface area contributed by atoms with Crippen LogP contribution in [0, 0.1) is 0 Å². The summed E-state index contributed by atoms with van der Waals surface area (Å²) in [5.41, 5.74) is 0. The Balaban J connectivity index is 2.15. The average Bonchev–Trinajstić information content (AvgIpc) is 3.05. The highest BCUT2D eigenvalue weighted by Gasteiger charge is 2.18. The van der Waals surface area contributed by atoms with E-state index in [0.717, 1.165) is 64.2 Å². The Hall–Kier alpha value is -0.810. The first-order valence-electron chi connectivity index (χ1n) is 9.08. The Morgan fingerprint density at radius 2 is 1.95 bits per heavy atom. The zero-order valence-electron chi connectivity index (χ0n) is 14.9. The molecule has 1 fully saturated rings. The zero-order valence-corrected chi connectivity index (χ0v) is 14.9. The summed E-state index contributed by atoms with van der Waals surface area (Å²) >= 11 is 0. The SMILES string of the molecule is CCNC(=NCCCCOCC)NCCN(C)C1CCCC1. The molecule has 0 spiro atoms. The van der Waals surface area contributed by atoms with E-state index < -0.39 is 0 Å². The van der Waals surface area contributed by atoms with Gasteiger partial charge in [0.2, 0.25) is 0 Å². The molecule has 1 saturated carbocycles. The molecule has 0 aromatic carbocycles. The van der Waals surface area contributed by atoms with Crippen LogP contribution in [0.15, 0.2) is 4.99 Å². The molecule has 0 aromatic heterocycles. The van der Waals surface area contributed by atoms with Crippen LogP contribution in [0.2, 0.25) is 0 Å². The Bertz CT molecular complexity index is 290. The quantitative estimate of drug-likeness (QED) is 0.349. The largest absolute Gasteiger partial charge is 0.382 e. The van der Waals surface area contributed by atoms with E-state index in [1.165, 1.54) is 25.7 Å². The molecule has 0 unspecified atom stereocenters. The topological polar surface area (TPSA) is 48.9 Å². The molecule has 0 aliphatic heterocycles. The van der Waals surface area contributed by atoms with Crippen molar-refractivity contribution in [3.8, 4) is 0 Å². The van der Waals surface area contributed by atoms with E-state index in [-0.39, 0.29) is 0 Å². The Labute approximate surface area is 136 Å². The molecule has 0 radical (unpaired) electrons. The molecule has 1 aliphatic carbocycles. The summed E-state index contributed by atoms with van der Waals surface area (Å²) in [6.45, 7) is 9.61. The number of unbranched alkanes of at least 4 members (excludes halogenated alkanes) is 1. The fourth-order valence-corrected chi connectivity index (χ4v) is 2.87. The van der Waals surface area contributed by atoms with Crippen LogP contribution in [0.3, 0.4) is 0 Å². The van der Waals surface area contributed by atoms with Gasteiger partial charge in [-0.2, -0.15) is 0 Å². The van der Waals surface area contributed by atoms with Gasteiger partial charge in [-0.25, -0.2) is 0 Å². The van der Waals surface area contributed by atoms with Crippen molar-refractivity contribution in [2.75, 3.05) is 46.4 Å². The van der Waals surface area contributed by atoms with Crippen molar-refractivity contribution in [2.24, 2.45) is 4.99 Å². The summed E-state index contributed by atoms with van der Waals surface area (Å²) in [4.78, 5) is 7.12. The van der Waals surface area contributed by atoms with Gasteiger partial charge >= 0.3 is 0 Å². The second-order valence-electron chi connectivity index (χ2n) is 6.01. The lowest BCUT2D eigenvalue weighted by Crippen LogP contribution is -2.42. The van der Waals surface area contributed by atoms with Crippen LogP contribution in [0.25, 0.3) is 0 Å². The van der Waals surface area contributed by atoms with Crippen LogP contribution in [-0.4, -0.2) is 63.3 Å². The van der Waals surface area contributed by atoms with E-state index in [1.807, 2.05) is 6.92 Å². The molecule has 0 atom stereocenters. The van der Waals surface area contributed by atoms with Crippen molar-refractivity contribution in [1.29, 1.82) is 0 Å². The van der Waals surface area contributed by atoms with Crippen LogP contribution in [0.5, 0.6) is 0 Å². The van der Waals surface area contributed by atoms with Gasteiger partial charge in [0, 0.05) is 45.4 Å². The molecule has 0 saturated heterocycles. The van der Waals surface area contributed by atoms with Crippen molar-refractivity contribution in [3.05, 3.63) is 0 Å². The predicted octanol–water partition coefficient (Wildman–Crippen LogP) is 2.23. The fraction of sp³-hybridized carbons (Fsp3) is 0.941.